The topological polar surface area (TPSA) is 30.8 Å². The molecule has 0 aromatic heterocycles. The first-order valence-corrected chi connectivity index (χ1v) is 6.17. The maximum Gasteiger partial charge on any atom is 0.166 e. The van der Waals surface area contributed by atoms with E-state index in [0.717, 1.165) is 12.8 Å². The second kappa shape index (κ2) is 5.32. The van der Waals surface area contributed by atoms with Gasteiger partial charge in [0.25, 0.3) is 0 Å². The summed E-state index contributed by atoms with van der Waals surface area (Å²) in [5.41, 5.74) is 0. The zero-order valence-electron chi connectivity index (χ0n) is 10.1. The number of nitrogens with zero attached hydrogens (tertiary/aromatic N) is 1. The van der Waals surface area contributed by atoms with Crippen LogP contribution in [0.4, 0.5) is 0 Å². The minimum atomic E-state index is -0.377. The van der Waals surface area contributed by atoms with Crippen molar-refractivity contribution in [3.8, 4) is 0 Å². The smallest absolute Gasteiger partial charge is 0.166 e. The average molecular weight is 231 g/mol. The molecule has 0 aromatic carbocycles. The molecule has 1 aliphatic heterocycles. The first-order chi connectivity index (χ1) is 6.91. The Hall–Kier alpha value is -0.0600. The summed E-state index contributed by atoms with van der Waals surface area (Å²) < 4.78 is 15.5. The molecular formula is C11H21NO2S. The van der Waals surface area contributed by atoms with Gasteiger partial charge in [-0.05, 0) is 46.1 Å². The standard InChI is InChI=1S/C11H21NO2S/c1-10(2,3)15-12-7-5-6-11(4)13-8-9-14-11/h7H,5-6,8-9H2,1-4H3/b12-7+. The fraction of sp³-hybridized carbons (Fsp3) is 0.909. The summed E-state index contributed by atoms with van der Waals surface area (Å²) in [6.07, 6.45) is 3.73. The van der Waals surface area contributed by atoms with Crippen LogP contribution >= 0.6 is 11.9 Å². The maximum absolute atomic E-state index is 5.50. The Morgan fingerprint density at radius 2 is 1.93 bits per heavy atom. The van der Waals surface area contributed by atoms with Crippen LogP contribution in [0.15, 0.2) is 4.40 Å². The van der Waals surface area contributed by atoms with E-state index in [1.165, 1.54) is 0 Å². The molecule has 0 unspecified atom stereocenters. The highest BCUT2D eigenvalue weighted by Gasteiger charge is 2.29. The quantitative estimate of drug-likeness (QED) is 0.550. The van der Waals surface area contributed by atoms with Crippen molar-refractivity contribution in [2.75, 3.05) is 13.2 Å². The van der Waals surface area contributed by atoms with Crippen LogP contribution in [0.25, 0.3) is 0 Å². The van der Waals surface area contributed by atoms with E-state index in [1.807, 2.05) is 13.1 Å². The van der Waals surface area contributed by atoms with Crippen molar-refractivity contribution in [1.29, 1.82) is 0 Å². The van der Waals surface area contributed by atoms with Crippen molar-refractivity contribution >= 4 is 18.2 Å². The third-order valence-electron chi connectivity index (χ3n) is 2.03. The summed E-state index contributed by atoms with van der Waals surface area (Å²) in [7, 11) is 0. The van der Waals surface area contributed by atoms with Crippen LogP contribution in [0, 0.1) is 0 Å². The second-order valence-electron chi connectivity index (χ2n) is 4.86. The van der Waals surface area contributed by atoms with Crippen LogP contribution in [0.3, 0.4) is 0 Å². The van der Waals surface area contributed by atoms with Gasteiger partial charge in [0.05, 0.1) is 13.2 Å². The van der Waals surface area contributed by atoms with Crippen molar-refractivity contribution in [2.45, 2.75) is 51.1 Å². The lowest BCUT2D eigenvalue weighted by Crippen LogP contribution is -2.25. The van der Waals surface area contributed by atoms with E-state index in [-0.39, 0.29) is 10.5 Å². The largest absolute Gasteiger partial charge is 0.348 e. The summed E-state index contributed by atoms with van der Waals surface area (Å²) >= 11 is 1.60. The summed E-state index contributed by atoms with van der Waals surface area (Å²) in [5, 5.41) is 0. The van der Waals surface area contributed by atoms with E-state index in [2.05, 4.69) is 25.2 Å². The lowest BCUT2D eigenvalue weighted by Gasteiger charge is -2.20. The second-order valence-corrected chi connectivity index (χ2v) is 6.48. The van der Waals surface area contributed by atoms with Gasteiger partial charge in [-0.25, -0.2) is 4.40 Å². The van der Waals surface area contributed by atoms with Crippen molar-refractivity contribution in [1.82, 2.24) is 0 Å². The average Bonchev–Trinajstić information content (AvgIpc) is 2.50. The third kappa shape index (κ3) is 5.54. The summed E-state index contributed by atoms with van der Waals surface area (Å²) in [5.74, 6) is -0.377. The van der Waals surface area contributed by atoms with Gasteiger partial charge in [0.2, 0.25) is 0 Å². The number of hydrogen-bond acceptors (Lipinski definition) is 4. The van der Waals surface area contributed by atoms with E-state index in [4.69, 9.17) is 9.47 Å². The summed E-state index contributed by atoms with van der Waals surface area (Å²) in [6, 6.07) is 0. The van der Waals surface area contributed by atoms with Crippen LogP contribution in [0.2, 0.25) is 0 Å². The lowest BCUT2D eigenvalue weighted by atomic mass is 10.2. The van der Waals surface area contributed by atoms with E-state index in [1.54, 1.807) is 11.9 Å². The molecule has 0 spiro atoms. The minimum absolute atomic E-state index is 0.195. The van der Waals surface area contributed by atoms with Gasteiger partial charge in [0.15, 0.2) is 5.79 Å². The molecule has 0 bridgehead atoms. The molecule has 3 nitrogen and oxygen atoms in total. The molecule has 0 saturated carbocycles. The highest BCUT2D eigenvalue weighted by molar-refractivity contribution is 7.99. The molecule has 1 aliphatic rings. The van der Waals surface area contributed by atoms with E-state index < -0.39 is 0 Å². The van der Waals surface area contributed by atoms with Crippen molar-refractivity contribution in [3.63, 3.8) is 0 Å². The van der Waals surface area contributed by atoms with Gasteiger partial charge in [0, 0.05) is 17.4 Å². The summed E-state index contributed by atoms with van der Waals surface area (Å²) in [6.45, 7) is 9.87. The minimum Gasteiger partial charge on any atom is -0.348 e. The fourth-order valence-corrected chi connectivity index (χ4v) is 1.77. The van der Waals surface area contributed by atoms with Crippen LogP contribution in [0.1, 0.15) is 40.5 Å². The van der Waals surface area contributed by atoms with Gasteiger partial charge in [-0.3, -0.25) is 0 Å². The lowest BCUT2D eigenvalue weighted by molar-refractivity contribution is -0.144. The Morgan fingerprint density at radius 3 is 2.47 bits per heavy atom. The Bertz CT molecular complexity index is 217. The predicted molar refractivity (Wildman–Crippen MR) is 65.4 cm³/mol. The highest BCUT2D eigenvalue weighted by atomic mass is 32.2. The van der Waals surface area contributed by atoms with Crippen molar-refractivity contribution in [2.24, 2.45) is 4.40 Å². The van der Waals surface area contributed by atoms with Crippen LogP contribution in [-0.4, -0.2) is 30.0 Å². The third-order valence-corrected chi connectivity index (χ3v) is 2.83. The van der Waals surface area contributed by atoms with Gasteiger partial charge in [-0.1, -0.05) is 0 Å². The molecule has 1 fully saturated rings. The van der Waals surface area contributed by atoms with E-state index >= 15 is 0 Å². The molecule has 1 saturated heterocycles. The van der Waals surface area contributed by atoms with E-state index in [9.17, 15) is 0 Å². The fourth-order valence-electron chi connectivity index (χ4n) is 1.28. The molecule has 0 aliphatic carbocycles. The molecule has 88 valence electrons. The number of rotatable bonds is 4. The van der Waals surface area contributed by atoms with Crippen molar-refractivity contribution < 1.29 is 9.47 Å². The normalized spacial score (nSPS) is 21.3. The van der Waals surface area contributed by atoms with Crippen molar-refractivity contribution in [3.05, 3.63) is 0 Å². The zero-order chi connectivity index (χ0) is 11.4. The molecule has 1 heterocycles. The number of ether oxygens (including phenoxy) is 2. The Labute approximate surface area is 96.8 Å². The zero-order valence-corrected chi connectivity index (χ0v) is 10.9. The van der Waals surface area contributed by atoms with Crippen LogP contribution in [-0.2, 0) is 9.47 Å². The van der Waals surface area contributed by atoms with Gasteiger partial charge in [0.1, 0.15) is 0 Å². The molecular weight excluding hydrogens is 210 g/mol. The van der Waals surface area contributed by atoms with Crippen LogP contribution in [0.5, 0.6) is 0 Å². The maximum atomic E-state index is 5.50. The van der Waals surface area contributed by atoms with Gasteiger partial charge < -0.3 is 9.47 Å². The van der Waals surface area contributed by atoms with Gasteiger partial charge in [-0.15, -0.1) is 0 Å². The molecule has 4 heteroatoms. The molecule has 0 N–H and O–H groups in total. The van der Waals surface area contributed by atoms with E-state index in [0.29, 0.717) is 13.2 Å². The highest BCUT2D eigenvalue weighted by Crippen LogP contribution is 2.25. The van der Waals surface area contributed by atoms with Crippen LogP contribution < -0.4 is 0 Å². The molecule has 0 amide bonds. The summed E-state index contributed by atoms with van der Waals surface area (Å²) in [4.78, 5) is 0. The Balaban J connectivity index is 2.15. The molecule has 0 atom stereocenters. The van der Waals surface area contributed by atoms with Gasteiger partial charge >= 0.3 is 0 Å². The molecule has 0 radical (unpaired) electrons. The molecule has 0 aromatic rings. The SMILES string of the molecule is CC1(CC/C=N/SC(C)(C)C)OCCO1. The first kappa shape index (κ1) is 13.0. The monoisotopic (exact) mass is 231 g/mol. The Morgan fingerprint density at radius 1 is 1.33 bits per heavy atom. The molecule has 15 heavy (non-hydrogen) atoms. The first-order valence-electron chi connectivity index (χ1n) is 5.39. The molecule has 1 rings (SSSR count). The Kier molecular flexibility index (Phi) is 4.62. The predicted octanol–water partition coefficient (Wildman–Crippen LogP) is 3.05. The number of hydrogen-bond donors (Lipinski definition) is 0. The van der Waals surface area contributed by atoms with Gasteiger partial charge in [-0.2, -0.15) is 0 Å².